The maximum absolute atomic E-state index is 12.2. The Labute approximate surface area is 125 Å². The molecule has 1 unspecified atom stereocenters. The molecule has 4 heteroatoms. The van der Waals surface area contributed by atoms with Gasteiger partial charge >= 0.3 is 5.97 Å². The number of amides is 1. The SMILES string of the molecule is CC1CCC(C(=O)NC(Cc2ccccc2)C(=O)O)CC1. The average Bonchev–Trinajstić information content (AvgIpc) is 2.48. The second-order valence-corrected chi connectivity index (χ2v) is 6.05. The van der Waals surface area contributed by atoms with Crippen LogP contribution in [0.25, 0.3) is 0 Å². The zero-order valence-corrected chi connectivity index (χ0v) is 12.4. The summed E-state index contributed by atoms with van der Waals surface area (Å²) in [5.74, 6) is -0.436. The molecule has 1 aromatic carbocycles. The highest BCUT2D eigenvalue weighted by atomic mass is 16.4. The molecular formula is C17H23NO3. The van der Waals surface area contributed by atoms with E-state index < -0.39 is 12.0 Å². The molecule has 21 heavy (non-hydrogen) atoms. The van der Waals surface area contributed by atoms with Crippen LogP contribution in [0.15, 0.2) is 30.3 Å². The lowest BCUT2D eigenvalue weighted by molar-refractivity contribution is -0.142. The molecule has 1 fully saturated rings. The Morgan fingerprint density at radius 3 is 2.38 bits per heavy atom. The molecule has 1 saturated carbocycles. The fraction of sp³-hybridized carbons (Fsp3) is 0.529. The molecule has 2 N–H and O–H groups in total. The Kier molecular flexibility index (Phi) is 5.37. The fourth-order valence-corrected chi connectivity index (χ4v) is 2.86. The fourth-order valence-electron chi connectivity index (χ4n) is 2.86. The largest absolute Gasteiger partial charge is 0.480 e. The van der Waals surface area contributed by atoms with Crippen molar-refractivity contribution >= 4 is 11.9 Å². The molecule has 114 valence electrons. The predicted molar refractivity (Wildman–Crippen MR) is 80.8 cm³/mol. The highest BCUT2D eigenvalue weighted by Crippen LogP contribution is 2.28. The van der Waals surface area contributed by atoms with Crippen LogP contribution in [0.1, 0.15) is 38.2 Å². The van der Waals surface area contributed by atoms with Crippen molar-refractivity contribution in [3.05, 3.63) is 35.9 Å². The van der Waals surface area contributed by atoms with Gasteiger partial charge in [0.05, 0.1) is 0 Å². The van der Waals surface area contributed by atoms with Crippen LogP contribution in [0.2, 0.25) is 0 Å². The number of rotatable bonds is 5. The zero-order chi connectivity index (χ0) is 15.2. The first kappa shape index (κ1) is 15.5. The smallest absolute Gasteiger partial charge is 0.326 e. The highest BCUT2D eigenvalue weighted by Gasteiger charge is 2.28. The van der Waals surface area contributed by atoms with Crippen molar-refractivity contribution in [2.24, 2.45) is 11.8 Å². The van der Waals surface area contributed by atoms with Crippen molar-refractivity contribution < 1.29 is 14.7 Å². The van der Waals surface area contributed by atoms with Gasteiger partial charge in [-0.05, 0) is 37.2 Å². The molecule has 1 atom stereocenters. The third-order valence-electron chi connectivity index (χ3n) is 4.28. The summed E-state index contributed by atoms with van der Waals surface area (Å²) in [6.07, 6.45) is 4.16. The van der Waals surface area contributed by atoms with Crippen LogP contribution in [0.3, 0.4) is 0 Å². The number of hydrogen-bond donors (Lipinski definition) is 2. The van der Waals surface area contributed by atoms with Gasteiger partial charge in [0.25, 0.3) is 0 Å². The predicted octanol–water partition coefficient (Wildman–Crippen LogP) is 2.62. The number of carbonyl (C=O) groups is 2. The maximum Gasteiger partial charge on any atom is 0.326 e. The van der Waals surface area contributed by atoms with Crippen molar-refractivity contribution in [1.29, 1.82) is 0 Å². The Balaban J connectivity index is 1.93. The first-order valence-corrected chi connectivity index (χ1v) is 7.63. The van der Waals surface area contributed by atoms with Gasteiger partial charge in [0, 0.05) is 12.3 Å². The molecule has 1 aromatic rings. The normalized spacial score (nSPS) is 23.3. The summed E-state index contributed by atoms with van der Waals surface area (Å²) in [6, 6.07) is 8.55. The summed E-state index contributed by atoms with van der Waals surface area (Å²) in [6.45, 7) is 2.20. The molecule has 0 aliphatic heterocycles. The first-order valence-electron chi connectivity index (χ1n) is 7.63. The molecular weight excluding hydrogens is 266 g/mol. The van der Waals surface area contributed by atoms with E-state index in [0.717, 1.165) is 31.2 Å². The van der Waals surface area contributed by atoms with Crippen LogP contribution < -0.4 is 5.32 Å². The van der Waals surface area contributed by atoms with E-state index in [1.165, 1.54) is 0 Å². The highest BCUT2D eigenvalue weighted by molar-refractivity contribution is 5.85. The van der Waals surface area contributed by atoms with Crippen molar-refractivity contribution in [2.75, 3.05) is 0 Å². The second-order valence-electron chi connectivity index (χ2n) is 6.05. The number of carboxylic acids is 1. The van der Waals surface area contributed by atoms with E-state index in [1.54, 1.807) is 0 Å². The molecule has 4 nitrogen and oxygen atoms in total. The Bertz CT molecular complexity index is 478. The van der Waals surface area contributed by atoms with Gasteiger partial charge < -0.3 is 10.4 Å². The number of hydrogen-bond acceptors (Lipinski definition) is 2. The van der Waals surface area contributed by atoms with Gasteiger partial charge in [0.2, 0.25) is 5.91 Å². The monoisotopic (exact) mass is 289 g/mol. The van der Waals surface area contributed by atoms with Gasteiger partial charge in [-0.1, -0.05) is 37.3 Å². The van der Waals surface area contributed by atoms with Crippen LogP contribution in [0.4, 0.5) is 0 Å². The number of carboxylic acid groups (broad SMARTS) is 1. The Morgan fingerprint density at radius 2 is 1.81 bits per heavy atom. The van der Waals surface area contributed by atoms with Crippen LogP contribution >= 0.6 is 0 Å². The lowest BCUT2D eigenvalue weighted by Gasteiger charge is -2.26. The average molecular weight is 289 g/mol. The molecule has 2 rings (SSSR count). The molecule has 0 heterocycles. The number of benzene rings is 1. The lowest BCUT2D eigenvalue weighted by atomic mass is 9.82. The number of aliphatic carboxylic acids is 1. The lowest BCUT2D eigenvalue weighted by Crippen LogP contribution is -2.45. The summed E-state index contributed by atoms with van der Waals surface area (Å²) in [4.78, 5) is 23.6. The van der Waals surface area contributed by atoms with E-state index in [2.05, 4.69) is 12.2 Å². The van der Waals surface area contributed by atoms with Crippen molar-refractivity contribution in [1.82, 2.24) is 5.32 Å². The van der Waals surface area contributed by atoms with Gasteiger partial charge in [-0.25, -0.2) is 4.79 Å². The molecule has 0 bridgehead atoms. The topological polar surface area (TPSA) is 66.4 Å². The van der Waals surface area contributed by atoms with E-state index >= 15 is 0 Å². The quantitative estimate of drug-likeness (QED) is 0.875. The molecule has 0 spiro atoms. The summed E-state index contributed by atoms with van der Waals surface area (Å²) < 4.78 is 0. The molecule has 0 saturated heterocycles. The van der Waals surface area contributed by atoms with E-state index in [0.29, 0.717) is 12.3 Å². The number of carbonyl (C=O) groups excluding carboxylic acids is 1. The Hall–Kier alpha value is -1.84. The van der Waals surface area contributed by atoms with Crippen molar-refractivity contribution in [2.45, 2.75) is 45.1 Å². The standard InChI is InChI=1S/C17H23NO3/c1-12-7-9-14(10-8-12)16(19)18-15(17(20)21)11-13-5-3-2-4-6-13/h2-6,12,14-15H,7-11H2,1H3,(H,18,19)(H,20,21). The van der Waals surface area contributed by atoms with E-state index in [-0.39, 0.29) is 11.8 Å². The van der Waals surface area contributed by atoms with Gasteiger partial charge in [-0.2, -0.15) is 0 Å². The van der Waals surface area contributed by atoms with Gasteiger partial charge in [0.1, 0.15) is 6.04 Å². The van der Waals surface area contributed by atoms with Crippen molar-refractivity contribution in [3.63, 3.8) is 0 Å². The summed E-state index contributed by atoms with van der Waals surface area (Å²) >= 11 is 0. The first-order chi connectivity index (χ1) is 10.1. The zero-order valence-electron chi connectivity index (χ0n) is 12.4. The molecule has 1 aliphatic carbocycles. The van der Waals surface area contributed by atoms with E-state index in [1.807, 2.05) is 30.3 Å². The van der Waals surface area contributed by atoms with Gasteiger partial charge in [0.15, 0.2) is 0 Å². The number of nitrogens with one attached hydrogen (secondary N) is 1. The summed E-state index contributed by atoms with van der Waals surface area (Å²) in [5, 5.41) is 12.0. The van der Waals surface area contributed by atoms with E-state index in [4.69, 9.17) is 0 Å². The maximum atomic E-state index is 12.2. The van der Waals surface area contributed by atoms with Crippen LogP contribution in [0.5, 0.6) is 0 Å². The molecule has 1 amide bonds. The second kappa shape index (κ2) is 7.25. The van der Waals surface area contributed by atoms with E-state index in [9.17, 15) is 14.7 Å². The minimum Gasteiger partial charge on any atom is -0.480 e. The Morgan fingerprint density at radius 1 is 1.19 bits per heavy atom. The molecule has 1 aliphatic rings. The minimum atomic E-state index is -0.976. The van der Waals surface area contributed by atoms with Gasteiger partial charge in [-0.3, -0.25) is 4.79 Å². The minimum absolute atomic E-state index is 0.0289. The summed E-state index contributed by atoms with van der Waals surface area (Å²) in [5.41, 5.74) is 0.919. The van der Waals surface area contributed by atoms with Crippen molar-refractivity contribution in [3.8, 4) is 0 Å². The molecule has 0 radical (unpaired) electrons. The van der Waals surface area contributed by atoms with Gasteiger partial charge in [-0.15, -0.1) is 0 Å². The van der Waals surface area contributed by atoms with Crippen LogP contribution in [0, 0.1) is 11.8 Å². The van der Waals surface area contributed by atoms with Crippen LogP contribution in [-0.2, 0) is 16.0 Å². The van der Waals surface area contributed by atoms with Crippen LogP contribution in [-0.4, -0.2) is 23.0 Å². The third-order valence-corrected chi connectivity index (χ3v) is 4.28. The summed E-state index contributed by atoms with van der Waals surface area (Å²) in [7, 11) is 0. The molecule has 0 aromatic heterocycles. The third kappa shape index (κ3) is 4.59.